The fraction of sp³-hybridized carbons (Fsp3) is 0.647. The van der Waals surface area contributed by atoms with Crippen LogP contribution in [0.5, 0.6) is 0 Å². The highest BCUT2D eigenvalue weighted by molar-refractivity contribution is 14.1. The fourth-order valence-electron chi connectivity index (χ4n) is 3.36. The molecule has 12 heteroatoms. The molecule has 1 aromatic rings. The number of rotatable bonds is 7. The van der Waals surface area contributed by atoms with Gasteiger partial charge >= 0.3 is 13.3 Å². The van der Waals surface area contributed by atoms with E-state index in [2.05, 4.69) is 4.98 Å². The van der Waals surface area contributed by atoms with Gasteiger partial charge in [-0.25, -0.2) is 4.79 Å². The van der Waals surface area contributed by atoms with Gasteiger partial charge in [-0.3, -0.25) is 18.9 Å². The molecule has 3 heterocycles. The van der Waals surface area contributed by atoms with Crippen molar-refractivity contribution in [3.63, 3.8) is 0 Å². The molecule has 2 aliphatic rings. The van der Waals surface area contributed by atoms with Crippen LogP contribution >= 0.6 is 30.2 Å². The second-order valence-electron chi connectivity index (χ2n) is 6.90. The molecule has 4 atom stereocenters. The molecular weight excluding hydrogens is 518 g/mol. The van der Waals surface area contributed by atoms with Crippen LogP contribution in [0.3, 0.4) is 0 Å². The highest BCUT2D eigenvalue weighted by Gasteiger charge is 2.55. The number of fused-ring (bicyclic) bond motifs is 1. The van der Waals surface area contributed by atoms with Gasteiger partial charge in [-0.15, -0.1) is 0 Å². The van der Waals surface area contributed by atoms with Crippen molar-refractivity contribution >= 4 is 30.2 Å². The molecule has 2 fully saturated rings. The Morgan fingerprint density at radius 2 is 1.86 bits per heavy atom. The molecule has 0 unspecified atom stereocenters. The molecular formula is C17H24IN2O8P. The molecule has 0 spiro atoms. The normalized spacial score (nSPS) is 28.9. The van der Waals surface area contributed by atoms with E-state index in [-0.39, 0.29) is 13.2 Å². The lowest BCUT2D eigenvalue weighted by molar-refractivity contribution is -0.192. The second kappa shape index (κ2) is 8.74. The SMILES string of the molecule is CCOP(=O)(/C=C/[C@H]1O[C@@H](n2c(I)cc(=O)[nH]c2=O)[C@@H]2OC(C)(C)O[C@@H]21)OCC. The van der Waals surface area contributed by atoms with Crippen LogP contribution in [0.25, 0.3) is 0 Å². The molecule has 3 rings (SSSR count). The van der Waals surface area contributed by atoms with Gasteiger partial charge in [-0.2, -0.15) is 0 Å². The van der Waals surface area contributed by atoms with Crippen LogP contribution in [0.15, 0.2) is 27.5 Å². The van der Waals surface area contributed by atoms with Gasteiger partial charge < -0.3 is 23.3 Å². The monoisotopic (exact) mass is 542 g/mol. The summed E-state index contributed by atoms with van der Waals surface area (Å²) in [5, 5.41) is 0. The van der Waals surface area contributed by atoms with Crippen LogP contribution in [-0.2, 0) is 27.8 Å². The van der Waals surface area contributed by atoms with Crippen molar-refractivity contribution in [3.05, 3.63) is 42.5 Å². The molecule has 0 amide bonds. The lowest BCUT2D eigenvalue weighted by Crippen LogP contribution is -2.39. The number of nitrogens with one attached hydrogen (secondary N) is 1. The van der Waals surface area contributed by atoms with Gasteiger partial charge in [0.05, 0.1) is 16.9 Å². The summed E-state index contributed by atoms with van der Waals surface area (Å²) in [4.78, 5) is 26.2. The van der Waals surface area contributed by atoms with Gasteiger partial charge in [0.15, 0.2) is 12.0 Å². The minimum absolute atomic E-state index is 0.222. The highest BCUT2D eigenvalue weighted by atomic mass is 127. The lowest BCUT2D eigenvalue weighted by atomic mass is 10.1. The van der Waals surface area contributed by atoms with E-state index in [1.807, 2.05) is 22.6 Å². The van der Waals surface area contributed by atoms with E-state index < -0.39 is 49.2 Å². The fourth-order valence-corrected chi connectivity index (χ4v) is 5.48. The number of hydrogen-bond acceptors (Lipinski definition) is 8. The third-order valence-corrected chi connectivity index (χ3v) is 6.93. The lowest BCUT2D eigenvalue weighted by Gasteiger charge is -2.24. The van der Waals surface area contributed by atoms with E-state index in [1.165, 1.54) is 16.5 Å². The number of nitrogens with zero attached hydrogens (tertiary/aromatic N) is 1. The third kappa shape index (κ3) is 4.92. The summed E-state index contributed by atoms with van der Waals surface area (Å²) in [6.07, 6.45) is -1.13. The third-order valence-electron chi connectivity index (χ3n) is 4.33. The Labute approximate surface area is 181 Å². The summed E-state index contributed by atoms with van der Waals surface area (Å²) in [7, 11) is -3.43. The Bertz CT molecular complexity index is 932. The maximum absolute atomic E-state index is 12.7. The number of hydrogen-bond donors (Lipinski definition) is 1. The smallest absolute Gasteiger partial charge is 0.345 e. The first-order valence-electron chi connectivity index (χ1n) is 9.20. The van der Waals surface area contributed by atoms with Crippen LogP contribution in [0.2, 0.25) is 0 Å². The summed E-state index contributed by atoms with van der Waals surface area (Å²) in [6, 6.07) is 1.29. The average molecular weight is 542 g/mol. The van der Waals surface area contributed by atoms with Gasteiger partial charge in [-0.1, -0.05) is 0 Å². The van der Waals surface area contributed by atoms with Crippen molar-refractivity contribution < 1.29 is 27.8 Å². The van der Waals surface area contributed by atoms with Crippen molar-refractivity contribution in [1.82, 2.24) is 9.55 Å². The molecule has 2 aliphatic heterocycles. The molecule has 0 saturated carbocycles. The standard InChI is InChI=1S/C17H24IN2O8P/c1-5-24-29(23,25-6-2)8-7-10-13-14(28-17(3,4)27-13)15(26-10)20-11(18)9-12(21)19-16(20)22/h7-10,13-15H,5-6H2,1-4H3,(H,19,21,22)/b8-7+/t10-,13-,14-,15-/m1/s1. The highest BCUT2D eigenvalue weighted by Crippen LogP contribution is 2.51. The maximum Gasteiger partial charge on any atom is 0.353 e. The predicted octanol–water partition coefficient (Wildman–Crippen LogP) is 2.34. The van der Waals surface area contributed by atoms with Crippen LogP contribution in [-0.4, -0.2) is 46.9 Å². The number of H-pyrrole nitrogens is 1. The van der Waals surface area contributed by atoms with Gasteiger partial charge in [0.1, 0.15) is 18.3 Å². The Kier molecular flexibility index (Phi) is 6.88. The van der Waals surface area contributed by atoms with Gasteiger partial charge in [0.25, 0.3) is 5.56 Å². The molecule has 0 aliphatic carbocycles. The van der Waals surface area contributed by atoms with Gasteiger partial charge in [0, 0.05) is 11.9 Å². The first-order valence-corrected chi connectivity index (χ1v) is 11.9. The van der Waals surface area contributed by atoms with E-state index >= 15 is 0 Å². The zero-order valence-electron chi connectivity index (χ0n) is 16.5. The number of halogens is 1. The second-order valence-corrected chi connectivity index (χ2v) is 9.90. The topological polar surface area (TPSA) is 118 Å². The average Bonchev–Trinajstić information content (AvgIpc) is 3.07. The quantitative estimate of drug-likeness (QED) is 0.317. The van der Waals surface area contributed by atoms with Crippen molar-refractivity contribution in [2.75, 3.05) is 13.2 Å². The first kappa shape index (κ1) is 22.9. The number of aromatic nitrogens is 2. The van der Waals surface area contributed by atoms with Gasteiger partial charge in [-0.05, 0) is 56.4 Å². The first-order chi connectivity index (χ1) is 13.6. The Morgan fingerprint density at radius 1 is 1.24 bits per heavy atom. The van der Waals surface area contributed by atoms with Crippen molar-refractivity contribution in [3.8, 4) is 0 Å². The Balaban J connectivity index is 1.95. The summed E-state index contributed by atoms with van der Waals surface area (Å²) < 4.78 is 42.9. The molecule has 0 radical (unpaired) electrons. The van der Waals surface area contributed by atoms with Crippen molar-refractivity contribution in [1.29, 1.82) is 0 Å². The summed E-state index contributed by atoms with van der Waals surface area (Å²) in [5.41, 5.74) is -1.11. The van der Waals surface area contributed by atoms with E-state index in [0.29, 0.717) is 3.70 Å². The minimum Gasteiger partial charge on any atom is -0.345 e. The van der Waals surface area contributed by atoms with Crippen LogP contribution in [0, 0.1) is 3.70 Å². The molecule has 10 nitrogen and oxygen atoms in total. The zero-order chi connectivity index (χ0) is 21.4. The predicted molar refractivity (Wildman–Crippen MR) is 112 cm³/mol. The maximum atomic E-state index is 12.7. The summed E-state index contributed by atoms with van der Waals surface area (Å²) in [6.45, 7) is 7.40. The zero-order valence-corrected chi connectivity index (χ0v) is 19.5. The van der Waals surface area contributed by atoms with Gasteiger partial charge in [0.2, 0.25) is 0 Å². The van der Waals surface area contributed by atoms with E-state index in [4.69, 9.17) is 23.3 Å². The Hall–Kier alpha value is -0.820. The van der Waals surface area contributed by atoms with Crippen LogP contribution < -0.4 is 11.2 Å². The molecule has 0 aromatic carbocycles. The molecule has 29 heavy (non-hydrogen) atoms. The number of aromatic amines is 1. The minimum atomic E-state index is -3.43. The largest absolute Gasteiger partial charge is 0.353 e. The van der Waals surface area contributed by atoms with Crippen molar-refractivity contribution in [2.24, 2.45) is 0 Å². The van der Waals surface area contributed by atoms with Crippen LogP contribution in [0.4, 0.5) is 0 Å². The molecule has 0 bridgehead atoms. The van der Waals surface area contributed by atoms with Crippen LogP contribution in [0.1, 0.15) is 33.9 Å². The van der Waals surface area contributed by atoms with Crippen molar-refractivity contribution in [2.45, 2.75) is 58.0 Å². The molecule has 162 valence electrons. The molecule has 1 N–H and O–H groups in total. The summed E-state index contributed by atoms with van der Waals surface area (Å²) >= 11 is 1.89. The Morgan fingerprint density at radius 3 is 2.45 bits per heavy atom. The van der Waals surface area contributed by atoms with E-state index in [0.717, 1.165) is 0 Å². The molecule has 2 saturated heterocycles. The summed E-state index contributed by atoms with van der Waals surface area (Å²) in [5.74, 6) is 0.448. The van der Waals surface area contributed by atoms with E-state index in [1.54, 1.807) is 33.8 Å². The number of ether oxygens (including phenoxy) is 3. The molecule has 1 aromatic heterocycles. The van der Waals surface area contributed by atoms with E-state index in [9.17, 15) is 14.2 Å².